The van der Waals surface area contributed by atoms with E-state index in [4.69, 9.17) is 16.3 Å². The maximum Gasteiger partial charge on any atom is 0.316 e. The molecule has 0 atom stereocenters. The molecule has 2 aromatic heterocycles. The van der Waals surface area contributed by atoms with Gasteiger partial charge in [0.1, 0.15) is 5.82 Å². The summed E-state index contributed by atoms with van der Waals surface area (Å²) in [5.74, 6) is 0.234. The Morgan fingerprint density at radius 1 is 0.939 bits per heavy atom. The fraction of sp³-hybridized carbons (Fsp3) is 0.222. The summed E-state index contributed by atoms with van der Waals surface area (Å²) in [5, 5.41) is 1.31. The Morgan fingerprint density at radius 3 is 2.10 bits per heavy atom. The molecule has 3 aromatic carbocycles. The molecule has 0 aliphatic rings. The van der Waals surface area contributed by atoms with Crippen LogP contribution in [0.15, 0.2) is 101 Å². The molecular formula is C36H36ClFN6O4S. The largest absolute Gasteiger partial charge is 0.467 e. The Morgan fingerprint density at radius 2 is 1.53 bits per heavy atom. The first-order valence-electron chi connectivity index (χ1n) is 15.1. The van der Waals surface area contributed by atoms with Crippen LogP contribution in [0.2, 0.25) is 5.02 Å². The standard InChI is InChI=1S/C18H19ClN2O2.C18H17FN4O2S/c1-20(2)18(23)12-21(13-22)11-14-3-5-15(6-4-14)16-7-9-17(19)10-8-16;1-23-10-14(7-13-8-20-17(25-2)21-9-13)16(24)22-18(23)26-11-12-3-5-15(19)6-4-12/h3-10,13H,11-12H2,1-2H3;3-6,8-10H,7,11H2,1-2H3. The first-order valence-corrected chi connectivity index (χ1v) is 16.4. The van der Waals surface area contributed by atoms with Crippen LogP contribution in [0, 0.1) is 5.82 Å². The van der Waals surface area contributed by atoms with Crippen LogP contribution >= 0.6 is 23.4 Å². The number of carbonyl (C=O) groups excluding carboxylic acids is 2. The van der Waals surface area contributed by atoms with Crippen molar-refractivity contribution in [1.82, 2.24) is 29.3 Å². The minimum absolute atomic E-state index is 0.0788. The number of rotatable bonds is 12. The summed E-state index contributed by atoms with van der Waals surface area (Å²) in [6.07, 6.45) is 6.12. The number of carbonyl (C=O) groups is 2. The Balaban J connectivity index is 0.000000223. The lowest BCUT2D eigenvalue weighted by atomic mass is 10.0. The highest BCUT2D eigenvalue weighted by molar-refractivity contribution is 7.98. The number of methoxy groups -OCH3 is 1. The van der Waals surface area contributed by atoms with Gasteiger partial charge in [0.25, 0.3) is 5.56 Å². The zero-order valence-corrected chi connectivity index (χ0v) is 29.1. The maximum absolute atomic E-state index is 13.0. The first kappa shape index (κ1) is 36.8. The Bertz CT molecular complexity index is 1890. The number of hydrogen-bond donors (Lipinski definition) is 0. The lowest BCUT2D eigenvalue weighted by Gasteiger charge is -2.19. The highest BCUT2D eigenvalue weighted by Gasteiger charge is 2.12. The van der Waals surface area contributed by atoms with Crippen molar-refractivity contribution in [2.24, 2.45) is 7.05 Å². The normalized spacial score (nSPS) is 10.5. The SMILES string of the molecule is CN(C)C(=O)CN(C=O)Cc1ccc(-c2ccc(Cl)cc2)cc1.COc1ncc(Cc2cn(C)c(SCc3ccc(F)cc3)nc2=O)cn1. The van der Waals surface area contributed by atoms with E-state index >= 15 is 0 Å². The molecule has 0 radical (unpaired) electrons. The number of aromatic nitrogens is 4. The third kappa shape index (κ3) is 11.3. The van der Waals surface area contributed by atoms with Gasteiger partial charge in [-0.25, -0.2) is 14.4 Å². The Hall–Kier alpha value is -5.07. The molecule has 0 saturated carbocycles. The molecule has 0 unspecified atom stereocenters. The lowest BCUT2D eigenvalue weighted by molar-refractivity contribution is -0.133. The predicted molar refractivity (Wildman–Crippen MR) is 189 cm³/mol. The smallest absolute Gasteiger partial charge is 0.316 e. The third-order valence-electron chi connectivity index (χ3n) is 7.17. The summed E-state index contributed by atoms with van der Waals surface area (Å²) in [5.41, 5.74) is 5.18. The number of hydrogen-bond acceptors (Lipinski definition) is 8. The van der Waals surface area contributed by atoms with Gasteiger partial charge >= 0.3 is 6.01 Å². The molecule has 0 bridgehead atoms. The maximum atomic E-state index is 13.0. The average molecular weight is 703 g/mol. The molecule has 0 N–H and O–H groups in total. The van der Waals surface area contributed by atoms with E-state index in [-0.39, 0.29) is 29.8 Å². The van der Waals surface area contributed by atoms with Crippen LogP contribution in [0.25, 0.3) is 11.1 Å². The second-order valence-electron chi connectivity index (χ2n) is 11.1. The monoisotopic (exact) mass is 702 g/mol. The molecular weight excluding hydrogens is 667 g/mol. The van der Waals surface area contributed by atoms with E-state index in [0.29, 0.717) is 40.9 Å². The summed E-state index contributed by atoms with van der Waals surface area (Å²) < 4.78 is 19.7. The number of ether oxygens (including phenoxy) is 1. The van der Waals surface area contributed by atoms with E-state index in [0.717, 1.165) is 27.8 Å². The molecule has 0 fully saturated rings. The van der Waals surface area contributed by atoms with E-state index in [1.165, 1.54) is 40.8 Å². The van der Waals surface area contributed by atoms with Crippen molar-refractivity contribution in [3.05, 3.63) is 135 Å². The molecule has 0 aliphatic carbocycles. The van der Waals surface area contributed by atoms with Crippen molar-refractivity contribution < 1.29 is 18.7 Å². The number of benzene rings is 3. The Kier molecular flexibility index (Phi) is 13.4. The van der Waals surface area contributed by atoms with Gasteiger partial charge in [-0.1, -0.05) is 71.9 Å². The minimum atomic E-state index is -0.277. The topological polar surface area (TPSA) is 111 Å². The van der Waals surface area contributed by atoms with E-state index in [2.05, 4.69) is 15.0 Å². The number of halogens is 2. The number of likely N-dealkylation sites (N-methyl/N-ethyl adjacent to an activating group) is 1. The summed E-state index contributed by atoms with van der Waals surface area (Å²) >= 11 is 7.32. The summed E-state index contributed by atoms with van der Waals surface area (Å²) in [7, 11) is 6.68. The van der Waals surface area contributed by atoms with Gasteiger partial charge in [0.15, 0.2) is 5.16 Å². The Labute approximate surface area is 293 Å². The lowest BCUT2D eigenvalue weighted by Crippen LogP contribution is -2.35. The van der Waals surface area contributed by atoms with Crippen molar-refractivity contribution in [1.29, 1.82) is 0 Å². The van der Waals surface area contributed by atoms with E-state index in [1.54, 1.807) is 44.8 Å². The molecule has 254 valence electrons. The van der Waals surface area contributed by atoms with Gasteiger partial charge in [-0.05, 0) is 52.1 Å². The van der Waals surface area contributed by atoms with Gasteiger partial charge in [-0.15, -0.1) is 0 Å². The third-order valence-corrected chi connectivity index (χ3v) is 8.53. The zero-order valence-electron chi connectivity index (χ0n) is 27.5. The van der Waals surface area contributed by atoms with Crippen molar-refractivity contribution in [2.45, 2.75) is 23.9 Å². The molecule has 0 spiro atoms. The van der Waals surface area contributed by atoms with Crippen LogP contribution in [0.4, 0.5) is 4.39 Å². The fourth-order valence-corrected chi connectivity index (χ4v) is 5.47. The molecule has 0 saturated heterocycles. The summed E-state index contributed by atoms with van der Waals surface area (Å²) in [4.78, 5) is 50.3. The molecule has 0 aliphatic heterocycles. The van der Waals surface area contributed by atoms with Crippen LogP contribution in [0.5, 0.6) is 6.01 Å². The van der Waals surface area contributed by atoms with Gasteiger partial charge in [0.2, 0.25) is 12.3 Å². The van der Waals surface area contributed by atoms with Crippen molar-refractivity contribution in [2.75, 3.05) is 27.7 Å². The fourth-order valence-electron chi connectivity index (χ4n) is 4.45. The summed E-state index contributed by atoms with van der Waals surface area (Å²) in [6.45, 7) is 0.486. The zero-order chi connectivity index (χ0) is 35.3. The number of aryl methyl sites for hydroxylation is 1. The molecule has 5 rings (SSSR count). The quantitative estimate of drug-likeness (QED) is 0.0932. The molecule has 5 aromatic rings. The predicted octanol–water partition coefficient (Wildman–Crippen LogP) is 5.65. The minimum Gasteiger partial charge on any atom is -0.467 e. The van der Waals surface area contributed by atoms with Gasteiger partial charge in [-0.2, -0.15) is 4.98 Å². The highest BCUT2D eigenvalue weighted by atomic mass is 35.5. The number of nitrogens with zero attached hydrogens (tertiary/aromatic N) is 6. The molecule has 13 heteroatoms. The summed E-state index contributed by atoms with van der Waals surface area (Å²) in [6, 6.07) is 22.1. The second kappa shape index (κ2) is 17.9. The van der Waals surface area contributed by atoms with Crippen LogP contribution < -0.4 is 10.3 Å². The second-order valence-corrected chi connectivity index (χ2v) is 12.5. The van der Waals surface area contributed by atoms with Gasteiger partial charge in [0, 0.05) is 69.0 Å². The van der Waals surface area contributed by atoms with Gasteiger partial charge in [-0.3, -0.25) is 14.4 Å². The molecule has 2 amide bonds. The highest BCUT2D eigenvalue weighted by Crippen LogP contribution is 2.23. The molecule has 2 heterocycles. The van der Waals surface area contributed by atoms with Crippen molar-refractivity contribution in [3.8, 4) is 17.1 Å². The van der Waals surface area contributed by atoms with Crippen molar-refractivity contribution in [3.63, 3.8) is 0 Å². The molecule has 49 heavy (non-hydrogen) atoms. The van der Waals surface area contributed by atoms with Crippen LogP contribution in [0.3, 0.4) is 0 Å². The van der Waals surface area contributed by atoms with Gasteiger partial charge < -0.3 is 19.1 Å². The van der Waals surface area contributed by atoms with Gasteiger partial charge in [0.05, 0.1) is 13.7 Å². The van der Waals surface area contributed by atoms with Crippen molar-refractivity contribution >= 4 is 35.7 Å². The first-order chi connectivity index (χ1) is 23.5. The van der Waals surface area contributed by atoms with Crippen LogP contribution in [-0.2, 0) is 35.4 Å². The number of amides is 2. The van der Waals surface area contributed by atoms with Crippen LogP contribution in [0.1, 0.15) is 22.3 Å². The van der Waals surface area contributed by atoms with E-state index < -0.39 is 0 Å². The number of thioether (sulfide) groups is 1. The molecule has 10 nitrogen and oxygen atoms in total. The average Bonchev–Trinajstić information content (AvgIpc) is 3.10. The van der Waals surface area contributed by atoms with E-state index in [1.807, 2.05) is 60.1 Å². The van der Waals surface area contributed by atoms with E-state index in [9.17, 15) is 18.8 Å². The van der Waals surface area contributed by atoms with Crippen LogP contribution in [-0.4, -0.2) is 69.4 Å².